The summed E-state index contributed by atoms with van der Waals surface area (Å²) in [4.78, 5) is 13.8. The lowest BCUT2D eigenvalue weighted by molar-refractivity contribution is -0.113. The fourth-order valence-corrected chi connectivity index (χ4v) is 2.15. The molecule has 0 fully saturated rings. The minimum absolute atomic E-state index is 0.269. The van der Waals surface area contributed by atoms with Gasteiger partial charge in [-0.05, 0) is 42.5 Å². The second kappa shape index (κ2) is 6.27. The van der Waals surface area contributed by atoms with Crippen molar-refractivity contribution in [3.8, 4) is 0 Å². The Hall–Kier alpha value is -2.24. The van der Waals surface area contributed by atoms with E-state index in [1.165, 1.54) is 23.1 Å². The summed E-state index contributed by atoms with van der Waals surface area (Å²) >= 11 is -2.03. The highest BCUT2D eigenvalue weighted by Gasteiger charge is 2.15. The van der Waals surface area contributed by atoms with Crippen molar-refractivity contribution in [3.05, 3.63) is 67.3 Å². The maximum absolute atomic E-state index is 12.0. The molecule has 0 aromatic heterocycles. The lowest BCUT2D eigenvalue weighted by atomic mass is 10.2. The van der Waals surface area contributed by atoms with E-state index in [0.29, 0.717) is 11.4 Å². The molecule has 0 radical (unpaired) electrons. The summed E-state index contributed by atoms with van der Waals surface area (Å²) in [6.45, 7) is 3.50. The monoisotopic (exact) mass is 287 g/mol. The third-order valence-corrected chi connectivity index (χ3v) is 3.38. The Morgan fingerprint density at radius 1 is 1.05 bits per heavy atom. The molecule has 0 aliphatic rings. The number of para-hydroxylation sites is 1. The molecule has 2 aromatic carbocycles. The normalized spacial score (nSPS) is 11.7. The highest BCUT2D eigenvalue weighted by Crippen LogP contribution is 2.26. The highest BCUT2D eigenvalue weighted by atomic mass is 32.2. The van der Waals surface area contributed by atoms with Crippen LogP contribution >= 0.6 is 0 Å². The number of hydrogen-bond acceptors (Lipinski definition) is 2. The van der Waals surface area contributed by atoms with E-state index in [4.69, 9.17) is 4.55 Å². The maximum Gasteiger partial charge on any atom is 0.254 e. The van der Waals surface area contributed by atoms with Crippen LogP contribution in [0.5, 0.6) is 0 Å². The number of carbonyl (C=O) groups excluding carboxylic acids is 1. The average Bonchev–Trinajstić information content (AvgIpc) is 2.49. The molecule has 2 rings (SSSR count). The summed E-state index contributed by atoms with van der Waals surface area (Å²) in [5, 5.41) is 0. The van der Waals surface area contributed by atoms with Gasteiger partial charge in [-0.15, -0.1) is 0 Å². The molecule has 0 heterocycles. The van der Waals surface area contributed by atoms with Crippen LogP contribution in [-0.2, 0) is 15.9 Å². The van der Waals surface area contributed by atoms with Gasteiger partial charge in [-0.2, -0.15) is 0 Å². The molecule has 2 aromatic rings. The first-order valence-electron chi connectivity index (χ1n) is 5.86. The van der Waals surface area contributed by atoms with Crippen molar-refractivity contribution in [2.45, 2.75) is 4.90 Å². The van der Waals surface area contributed by atoms with Crippen LogP contribution in [0.1, 0.15) is 0 Å². The van der Waals surface area contributed by atoms with E-state index in [-0.39, 0.29) is 10.8 Å². The van der Waals surface area contributed by atoms with Gasteiger partial charge in [0.1, 0.15) is 0 Å². The molecule has 1 unspecified atom stereocenters. The molecule has 0 bridgehead atoms. The minimum Gasteiger partial charge on any atom is -0.302 e. The zero-order chi connectivity index (χ0) is 14.5. The van der Waals surface area contributed by atoms with Crippen molar-refractivity contribution in [3.63, 3.8) is 0 Å². The Balaban J connectivity index is 2.44. The van der Waals surface area contributed by atoms with Crippen LogP contribution in [0.2, 0.25) is 0 Å². The molecule has 1 N–H and O–H groups in total. The van der Waals surface area contributed by atoms with Gasteiger partial charge in [0, 0.05) is 11.4 Å². The Labute approximate surface area is 119 Å². The van der Waals surface area contributed by atoms with E-state index in [1.54, 1.807) is 24.3 Å². The second-order valence-corrected chi connectivity index (χ2v) is 4.93. The van der Waals surface area contributed by atoms with Crippen LogP contribution in [0.15, 0.2) is 72.1 Å². The molecule has 5 heteroatoms. The Morgan fingerprint density at radius 2 is 1.60 bits per heavy atom. The first kappa shape index (κ1) is 14.2. The molecule has 102 valence electrons. The SMILES string of the molecule is C=CC(=O)N(c1ccccc1)c1ccc(S(=O)O)cc1. The summed E-state index contributed by atoms with van der Waals surface area (Å²) in [5.74, 6) is -0.269. The van der Waals surface area contributed by atoms with Crippen LogP contribution in [0, 0.1) is 0 Å². The Morgan fingerprint density at radius 3 is 2.10 bits per heavy atom. The van der Waals surface area contributed by atoms with Crippen molar-refractivity contribution in [1.29, 1.82) is 0 Å². The third-order valence-electron chi connectivity index (χ3n) is 2.71. The van der Waals surface area contributed by atoms with Gasteiger partial charge in [-0.1, -0.05) is 24.8 Å². The molecule has 0 aliphatic carbocycles. The van der Waals surface area contributed by atoms with E-state index < -0.39 is 11.1 Å². The number of anilines is 2. The van der Waals surface area contributed by atoms with Gasteiger partial charge < -0.3 is 4.55 Å². The predicted molar refractivity (Wildman–Crippen MR) is 79.3 cm³/mol. The first-order valence-corrected chi connectivity index (χ1v) is 6.96. The molecule has 0 spiro atoms. The standard InChI is InChI=1S/C15H13NO3S/c1-2-15(17)16(12-6-4-3-5-7-12)13-8-10-14(11-9-13)20(18)19/h2-11H,1H2,(H,18,19). The smallest absolute Gasteiger partial charge is 0.254 e. The molecular weight excluding hydrogens is 274 g/mol. The fourth-order valence-electron chi connectivity index (χ4n) is 1.78. The topological polar surface area (TPSA) is 57.6 Å². The van der Waals surface area contributed by atoms with Crippen molar-refractivity contribution in [1.82, 2.24) is 0 Å². The van der Waals surface area contributed by atoms with Gasteiger partial charge in [0.25, 0.3) is 5.91 Å². The van der Waals surface area contributed by atoms with Crippen molar-refractivity contribution >= 4 is 28.4 Å². The van der Waals surface area contributed by atoms with Crippen LogP contribution in [0.3, 0.4) is 0 Å². The zero-order valence-corrected chi connectivity index (χ0v) is 11.4. The molecular formula is C15H13NO3S. The number of rotatable bonds is 4. The summed E-state index contributed by atoms with van der Waals surface area (Å²) in [6.07, 6.45) is 1.23. The van der Waals surface area contributed by atoms with Gasteiger partial charge in [-0.3, -0.25) is 9.69 Å². The van der Waals surface area contributed by atoms with Gasteiger partial charge in [-0.25, -0.2) is 4.21 Å². The third kappa shape index (κ3) is 3.01. The van der Waals surface area contributed by atoms with Crippen LogP contribution in [0.25, 0.3) is 0 Å². The van der Waals surface area contributed by atoms with Crippen molar-refractivity contribution in [2.24, 2.45) is 0 Å². The maximum atomic E-state index is 12.0. The van der Waals surface area contributed by atoms with Crippen LogP contribution < -0.4 is 4.90 Å². The van der Waals surface area contributed by atoms with Crippen LogP contribution in [0.4, 0.5) is 11.4 Å². The summed E-state index contributed by atoms with van der Waals surface area (Å²) in [6, 6.07) is 15.4. The molecule has 0 aliphatic heterocycles. The molecule has 4 nitrogen and oxygen atoms in total. The Kier molecular flexibility index (Phi) is 4.45. The molecule has 1 atom stereocenters. The number of nitrogens with zero attached hydrogens (tertiary/aromatic N) is 1. The lowest BCUT2D eigenvalue weighted by Crippen LogP contribution is -2.23. The largest absolute Gasteiger partial charge is 0.302 e. The van der Waals surface area contributed by atoms with Crippen molar-refractivity contribution in [2.75, 3.05) is 4.90 Å². The van der Waals surface area contributed by atoms with E-state index in [1.807, 2.05) is 18.2 Å². The van der Waals surface area contributed by atoms with Crippen LogP contribution in [-0.4, -0.2) is 14.7 Å². The summed E-state index contributed by atoms with van der Waals surface area (Å²) < 4.78 is 20.0. The molecule has 20 heavy (non-hydrogen) atoms. The van der Waals surface area contributed by atoms with Gasteiger partial charge in [0.2, 0.25) is 0 Å². The number of amides is 1. The predicted octanol–water partition coefficient (Wildman–Crippen LogP) is 3.12. The highest BCUT2D eigenvalue weighted by molar-refractivity contribution is 7.79. The van der Waals surface area contributed by atoms with E-state index in [2.05, 4.69) is 6.58 Å². The molecule has 0 saturated carbocycles. The minimum atomic E-state index is -2.03. The zero-order valence-electron chi connectivity index (χ0n) is 10.6. The fraction of sp³-hybridized carbons (Fsp3) is 0. The summed E-state index contributed by atoms with van der Waals surface area (Å²) in [7, 11) is 0. The van der Waals surface area contributed by atoms with Gasteiger partial charge in [0.05, 0.1) is 4.90 Å². The first-order chi connectivity index (χ1) is 9.63. The molecule has 0 saturated heterocycles. The Bertz CT molecular complexity index is 638. The average molecular weight is 287 g/mol. The van der Waals surface area contributed by atoms with Crippen molar-refractivity contribution < 1.29 is 13.6 Å². The van der Waals surface area contributed by atoms with E-state index >= 15 is 0 Å². The van der Waals surface area contributed by atoms with E-state index in [0.717, 1.165) is 0 Å². The van der Waals surface area contributed by atoms with Gasteiger partial charge in [0.15, 0.2) is 11.1 Å². The number of carbonyl (C=O) groups is 1. The quantitative estimate of drug-likeness (QED) is 0.694. The lowest BCUT2D eigenvalue weighted by Gasteiger charge is -2.21. The van der Waals surface area contributed by atoms with Gasteiger partial charge >= 0.3 is 0 Å². The number of hydrogen-bond donors (Lipinski definition) is 1. The molecule has 1 amide bonds. The van der Waals surface area contributed by atoms with E-state index in [9.17, 15) is 9.00 Å². The summed E-state index contributed by atoms with van der Waals surface area (Å²) in [5.41, 5.74) is 1.31. The second-order valence-electron chi connectivity index (χ2n) is 3.96. The number of benzene rings is 2.